The fourth-order valence-electron chi connectivity index (χ4n) is 1.69. The SMILES string of the molecule is CCNC(=O)c1ccc2ccccc2c1O. The molecule has 0 aliphatic heterocycles. The zero-order chi connectivity index (χ0) is 11.5. The summed E-state index contributed by atoms with van der Waals surface area (Å²) in [6.07, 6.45) is 0. The van der Waals surface area contributed by atoms with E-state index in [-0.39, 0.29) is 11.7 Å². The predicted molar refractivity (Wildman–Crippen MR) is 63.6 cm³/mol. The van der Waals surface area contributed by atoms with Gasteiger partial charge < -0.3 is 10.4 Å². The van der Waals surface area contributed by atoms with Gasteiger partial charge in [-0.3, -0.25) is 4.79 Å². The van der Waals surface area contributed by atoms with Crippen LogP contribution in [0.2, 0.25) is 0 Å². The average molecular weight is 215 g/mol. The van der Waals surface area contributed by atoms with Crippen LogP contribution in [-0.2, 0) is 0 Å². The monoisotopic (exact) mass is 215 g/mol. The second-order valence-corrected chi connectivity index (χ2v) is 3.54. The Bertz CT molecular complexity index is 534. The van der Waals surface area contributed by atoms with Crippen molar-refractivity contribution in [1.29, 1.82) is 0 Å². The molecule has 0 unspecified atom stereocenters. The van der Waals surface area contributed by atoms with Crippen LogP contribution in [-0.4, -0.2) is 17.6 Å². The van der Waals surface area contributed by atoms with Gasteiger partial charge in [-0.15, -0.1) is 0 Å². The second-order valence-electron chi connectivity index (χ2n) is 3.54. The Morgan fingerprint density at radius 1 is 1.25 bits per heavy atom. The lowest BCUT2D eigenvalue weighted by Crippen LogP contribution is -2.22. The molecule has 1 amide bonds. The molecule has 0 aliphatic carbocycles. The van der Waals surface area contributed by atoms with Crippen molar-refractivity contribution in [2.45, 2.75) is 6.92 Å². The van der Waals surface area contributed by atoms with Crippen LogP contribution in [0.4, 0.5) is 0 Å². The molecule has 0 spiro atoms. The largest absolute Gasteiger partial charge is 0.506 e. The summed E-state index contributed by atoms with van der Waals surface area (Å²) in [7, 11) is 0. The molecule has 3 nitrogen and oxygen atoms in total. The Kier molecular flexibility index (Phi) is 2.77. The normalized spacial score (nSPS) is 10.3. The summed E-state index contributed by atoms with van der Waals surface area (Å²) >= 11 is 0. The molecule has 0 heterocycles. The first kappa shape index (κ1) is 10.5. The lowest BCUT2D eigenvalue weighted by Gasteiger charge is -2.07. The van der Waals surface area contributed by atoms with Gasteiger partial charge in [0.2, 0.25) is 0 Å². The van der Waals surface area contributed by atoms with E-state index in [0.717, 1.165) is 5.39 Å². The number of amides is 1. The van der Waals surface area contributed by atoms with Gasteiger partial charge in [0.25, 0.3) is 5.91 Å². The first-order chi connectivity index (χ1) is 7.74. The van der Waals surface area contributed by atoms with Crippen LogP contribution in [0.25, 0.3) is 10.8 Å². The molecule has 0 radical (unpaired) electrons. The Labute approximate surface area is 93.7 Å². The molecule has 0 saturated heterocycles. The van der Waals surface area contributed by atoms with Gasteiger partial charge in [-0.1, -0.05) is 30.3 Å². The first-order valence-corrected chi connectivity index (χ1v) is 5.23. The molecule has 2 aromatic rings. The van der Waals surface area contributed by atoms with E-state index in [2.05, 4.69) is 5.32 Å². The number of hydrogen-bond acceptors (Lipinski definition) is 2. The maximum atomic E-state index is 11.6. The Balaban J connectivity index is 2.56. The standard InChI is InChI=1S/C13H13NO2/c1-2-14-13(16)11-8-7-9-5-3-4-6-10(9)12(11)15/h3-8,15H,2H2,1H3,(H,14,16). The van der Waals surface area contributed by atoms with Crippen molar-refractivity contribution in [3.63, 3.8) is 0 Å². The van der Waals surface area contributed by atoms with E-state index in [0.29, 0.717) is 17.5 Å². The number of benzene rings is 2. The second kappa shape index (κ2) is 4.23. The third kappa shape index (κ3) is 1.72. The van der Waals surface area contributed by atoms with Crippen LogP contribution in [0, 0.1) is 0 Å². The van der Waals surface area contributed by atoms with Crippen LogP contribution in [0.3, 0.4) is 0 Å². The van der Waals surface area contributed by atoms with Gasteiger partial charge >= 0.3 is 0 Å². The number of carbonyl (C=O) groups is 1. The van der Waals surface area contributed by atoms with Gasteiger partial charge in [-0.25, -0.2) is 0 Å². The highest BCUT2D eigenvalue weighted by atomic mass is 16.3. The molecule has 3 heteroatoms. The van der Waals surface area contributed by atoms with Crippen molar-refractivity contribution in [3.8, 4) is 5.75 Å². The number of carbonyl (C=O) groups excluding carboxylic acids is 1. The number of aromatic hydroxyl groups is 1. The summed E-state index contributed by atoms with van der Waals surface area (Å²) in [6, 6.07) is 10.9. The smallest absolute Gasteiger partial charge is 0.255 e. The van der Waals surface area contributed by atoms with E-state index >= 15 is 0 Å². The number of rotatable bonds is 2. The van der Waals surface area contributed by atoms with Crippen molar-refractivity contribution in [2.24, 2.45) is 0 Å². The third-order valence-corrected chi connectivity index (χ3v) is 2.48. The van der Waals surface area contributed by atoms with E-state index < -0.39 is 0 Å². The van der Waals surface area contributed by atoms with E-state index in [1.807, 2.05) is 31.2 Å². The minimum Gasteiger partial charge on any atom is -0.506 e. The number of hydrogen-bond donors (Lipinski definition) is 2. The van der Waals surface area contributed by atoms with Crippen molar-refractivity contribution < 1.29 is 9.90 Å². The minimum atomic E-state index is -0.245. The molecule has 16 heavy (non-hydrogen) atoms. The molecule has 0 saturated carbocycles. The average Bonchev–Trinajstić information content (AvgIpc) is 2.30. The van der Waals surface area contributed by atoms with E-state index in [1.165, 1.54) is 0 Å². The lowest BCUT2D eigenvalue weighted by atomic mass is 10.0. The molecule has 82 valence electrons. The number of phenols is 1. The first-order valence-electron chi connectivity index (χ1n) is 5.23. The predicted octanol–water partition coefficient (Wildman–Crippen LogP) is 2.30. The lowest BCUT2D eigenvalue weighted by molar-refractivity contribution is 0.0953. The molecular weight excluding hydrogens is 202 g/mol. The minimum absolute atomic E-state index is 0.0454. The fourth-order valence-corrected chi connectivity index (χ4v) is 1.69. The molecule has 2 N–H and O–H groups in total. The summed E-state index contributed by atoms with van der Waals surface area (Å²) in [4.78, 5) is 11.6. The summed E-state index contributed by atoms with van der Waals surface area (Å²) < 4.78 is 0. The maximum Gasteiger partial charge on any atom is 0.255 e. The number of fused-ring (bicyclic) bond motifs is 1. The van der Waals surface area contributed by atoms with E-state index in [1.54, 1.807) is 12.1 Å². The van der Waals surface area contributed by atoms with Gasteiger partial charge in [-0.2, -0.15) is 0 Å². The van der Waals surface area contributed by atoms with Gasteiger partial charge in [0.15, 0.2) is 0 Å². The van der Waals surface area contributed by atoms with E-state index in [9.17, 15) is 9.90 Å². The molecular formula is C13H13NO2. The van der Waals surface area contributed by atoms with Gasteiger partial charge in [0.05, 0.1) is 5.56 Å². The maximum absolute atomic E-state index is 11.6. The van der Waals surface area contributed by atoms with Crippen LogP contribution in [0.5, 0.6) is 5.75 Å². The zero-order valence-electron chi connectivity index (χ0n) is 9.03. The molecule has 0 aliphatic rings. The topological polar surface area (TPSA) is 49.3 Å². The van der Waals surface area contributed by atoms with Gasteiger partial charge in [0, 0.05) is 11.9 Å². The highest BCUT2D eigenvalue weighted by Crippen LogP contribution is 2.28. The Morgan fingerprint density at radius 2 is 2.00 bits per heavy atom. The highest BCUT2D eigenvalue weighted by Gasteiger charge is 2.12. The van der Waals surface area contributed by atoms with Crippen LogP contribution >= 0.6 is 0 Å². The van der Waals surface area contributed by atoms with Crippen molar-refractivity contribution >= 4 is 16.7 Å². The van der Waals surface area contributed by atoms with Crippen LogP contribution in [0.15, 0.2) is 36.4 Å². The van der Waals surface area contributed by atoms with Crippen LogP contribution in [0.1, 0.15) is 17.3 Å². The summed E-state index contributed by atoms with van der Waals surface area (Å²) in [6.45, 7) is 2.39. The zero-order valence-corrected chi connectivity index (χ0v) is 9.03. The van der Waals surface area contributed by atoms with Crippen molar-refractivity contribution in [1.82, 2.24) is 5.32 Å². The van der Waals surface area contributed by atoms with Crippen molar-refractivity contribution in [3.05, 3.63) is 42.0 Å². The summed E-state index contributed by atoms with van der Waals surface area (Å²) in [5.74, 6) is -0.199. The molecule has 0 aromatic heterocycles. The Morgan fingerprint density at radius 3 is 2.75 bits per heavy atom. The molecule has 2 aromatic carbocycles. The molecule has 2 rings (SSSR count). The quantitative estimate of drug-likeness (QED) is 0.807. The molecule has 0 fully saturated rings. The van der Waals surface area contributed by atoms with E-state index in [4.69, 9.17) is 0 Å². The number of phenolic OH excluding ortho intramolecular Hbond substituents is 1. The van der Waals surface area contributed by atoms with Crippen LogP contribution < -0.4 is 5.32 Å². The van der Waals surface area contributed by atoms with Gasteiger partial charge in [0.1, 0.15) is 5.75 Å². The summed E-state index contributed by atoms with van der Waals surface area (Å²) in [5, 5.41) is 14.3. The third-order valence-electron chi connectivity index (χ3n) is 2.48. The Hall–Kier alpha value is -2.03. The fraction of sp³-hybridized carbons (Fsp3) is 0.154. The van der Waals surface area contributed by atoms with Gasteiger partial charge in [-0.05, 0) is 18.4 Å². The van der Waals surface area contributed by atoms with Crippen molar-refractivity contribution in [2.75, 3.05) is 6.54 Å². The highest BCUT2D eigenvalue weighted by molar-refractivity contribution is 6.03. The molecule has 0 atom stereocenters. The molecule has 0 bridgehead atoms. The summed E-state index contributed by atoms with van der Waals surface area (Å²) in [5.41, 5.74) is 0.320. The number of nitrogens with one attached hydrogen (secondary N) is 1.